The summed E-state index contributed by atoms with van der Waals surface area (Å²) in [4.78, 5) is 11.4. The molecule has 0 saturated heterocycles. The van der Waals surface area contributed by atoms with E-state index in [0.29, 0.717) is 6.04 Å². The largest absolute Gasteiger partial charge is 0.338 e. The summed E-state index contributed by atoms with van der Waals surface area (Å²) in [6.07, 6.45) is 14.1. The van der Waals surface area contributed by atoms with E-state index in [1.54, 1.807) is 0 Å². The van der Waals surface area contributed by atoms with Gasteiger partial charge in [-0.25, -0.2) is 4.79 Å². The van der Waals surface area contributed by atoms with Crippen molar-refractivity contribution in [2.45, 2.75) is 83.6 Å². The monoisotopic (exact) mass is 254 g/mol. The van der Waals surface area contributed by atoms with Crippen molar-refractivity contribution in [1.29, 1.82) is 0 Å². The lowest BCUT2D eigenvalue weighted by Gasteiger charge is -2.26. The lowest BCUT2D eigenvalue weighted by molar-refractivity contribution is 0.228. The van der Waals surface area contributed by atoms with Gasteiger partial charge in [-0.2, -0.15) is 0 Å². The standard InChI is InChI=1S/C15H30N2O/c1-2-3-4-5-6-7-8-9-13-16-15(18)17-14-11-10-12-14/h14H,2-13H2,1H3,(H2,16,17,18). The molecule has 0 heterocycles. The first kappa shape index (κ1) is 15.3. The summed E-state index contributed by atoms with van der Waals surface area (Å²) in [5.41, 5.74) is 0. The Labute approximate surface area is 112 Å². The van der Waals surface area contributed by atoms with Gasteiger partial charge < -0.3 is 10.6 Å². The lowest BCUT2D eigenvalue weighted by Crippen LogP contribution is -2.45. The van der Waals surface area contributed by atoms with Gasteiger partial charge in [0.05, 0.1) is 0 Å². The first-order chi connectivity index (χ1) is 8.83. The van der Waals surface area contributed by atoms with E-state index in [9.17, 15) is 4.79 Å². The normalized spacial score (nSPS) is 15.2. The Morgan fingerprint density at radius 3 is 2.17 bits per heavy atom. The van der Waals surface area contributed by atoms with Gasteiger partial charge in [0.15, 0.2) is 0 Å². The smallest absolute Gasteiger partial charge is 0.315 e. The molecule has 0 atom stereocenters. The van der Waals surface area contributed by atoms with Crippen LogP contribution in [0, 0.1) is 0 Å². The molecule has 1 fully saturated rings. The molecule has 1 rings (SSSR count). The van der Waals surface area contributed by atoms with Crippen molar-refractivity contribution >= 4 is 6.03 Å². The van der Waals surface area contributed by atoms with Crippen LogP contribution in [0.15, 0.2) is 0 Å². The number of nitrogens with one attached hydrogen (secondary N) is 2. The van der Waals surface area contributed by atoms with Crippen molar-refractivity contribution in [3.63, 3.8) is 0 Å². The molecule has 106 valence electrons. The van der Waals surface area contributed by atoms with E-state index in [4.69, 9.17) is 0 Å². The Kier molecular flexibility index (Phi) is 8.70. The molecule has 2 N–H and O–H groups in total. The van der Waals surface area contributed by atoms with E-state index in [2.05, 4.69) is 17.6 Å². The molecule has 0 aromatic heterocycles. The van der Waals surface area contributed by atoms with Gasteiger partial charge in [-0.15, -0.1) is 0 Å². The maximum Gasteiger partial charge on any atom is 0.315 e. The van der Waals surface area contributed by atoms with Gasteiger partial charge in [0.1, 0.15) is 0 Å². The van der Waals surface area contributed by atoms with Crippen LogP contribution in [-0.4, -0.2) is 18.6 Å². The predicted molar refractivity (Wildman–Crippen MR) is 76.8 cm³/mol. The van der Waals surface area contributed by atoms with Crippen LogP contribution in [0.4, 0.5) is 4.79 Å². The lowest BCUT2D eigenvalue weighted by atomic mass is 9.93. The van der Waals surface area contributed by atoms with Crippen LogP contribution in [0.5, 0.6) is 0 Å². The molecule has 0 spiro atoms. The maximum atomic E-state index is 11.4. The number of amides is 2. The van der Waals surface area contributed by atoms with Crippen molar-refractivity contribution in [3.8, 4) is 0 Å². The van der Waals surface area contributed by atoms with Crippen LogP contribution >= 0.6 is 0 Å². The highest BCUT2D eigenvalue weighted by Gasteiger charge is 2.18. The summed E-state index contributed by atoms with van der Waals surface area (Å²) in [7, 11) is 0. The minimum absolute atomic E-state index is 0.0302. The molecule has 1 aliphatic rings. The molecular formula is C15H30N2O. The molecule has 3 nitrogen and oxygen atoms in total. The van der Waals surface area contributed by atoms with Gasteiger partial charge in [0, 0.05) is 12.6 Å². The van der Waals surface area contributed by atoms with Crippen LogP contribution in [0.3, 0.4) is 0 Å². The van der Waals surface area contributed by atoms with Crippen molar-refractivity contribution in [2.75, 3.05) is 6.54 Å². The molecule has 0 aromatic carbocycles. The number of hydrogen-bond donors (Lipinski definition) is 2. The zero-order valence-corrected chi connectivity index (χ0v) is 12.0. The summed E-state index contributed by atoms with van der Waals surface area (Å²) in [5.74, 6) is 0. The third-order valence-corrected chi connectivity index (χ3v) is 3.76. The summed E-state index contributed by atoms with van der Waals surface area (Å²) < 4.78 is 0. The van der Waals surface area contributed by atoms with Crippen LogP contribution in [0.1, 0.15) is 77.6 Å². The molecule has 0 radical (unpaired) electrons. The van der Waals surface area contributed by atoms with Gasteiger partial charge in [-0.05, 0) is 25.7 Å². The van der Waals surface area contributed by atoms with Gasteiger partial charge in [-0.3, -0.25) is 0 Å². The molecule has 2 amide bonds. The Balaban J connectivity index is 1.76. The summed E-state index contributed by atoms with van der Waals surface area (Å²) >= 11 is 0. The van der Waals surface area contributed by atoms with E-state index in [1.807, 2.05) is 0 Å². The first-order valence-electron chi connectivity index (χ1n) is 7.87. The van der Waals surface area contributed by atoms with Crippen LogP contribution < -0.4 is 10.6 Å². The molecule has 1 aliphatic carbocycles. The highest BCUT2D eigenvalue weighted by Crippen LogP contribution is 2.17. The quantitative estimate of drug-likeness (QED) is 0.569. The minimum Gasteiger partial charge on any atom is -0.338 e. The molecule has 1 saturated carbocycles. The van der Waals surface area contributed by atoms with E-state index < -0.39 is 0 Å². The second-order valence-corrected chi connectivity index (χ2v) is 5.50. The zero-order valence-electron chi connectivity index (χ0n) is 12.0. The second-order valence-electron chi connectivity index (χ2n) is 5.50. The molecule has 3 heteroatoms. The van der Waals surface area contributed by atoms with Crippen molar-refractivity contribution in [3.05, 3.63) is 0 Å². The minimum atomic E-state index is 0.0302. The molecule has 0 aromatic rings. The SMILES string of the molecule is CCCCCCCCCCNC(=O)NC1CCC1. The Bertz CT molecular complexity index is 215. The van der Waals surface area contributed by atoms with Crippen LogP contribution in [0.2, 0.25) is 0 Å². The van der Waals surface area contributed by atoms with Crippen molar-refractivity contribution in [2.24, 2.45) is 0 Å². The average Bonchev–Trinajstić information content (AvgIpc) is 2.32. The van der Waals surface area contributed by atoms with E-state index in [0.717, 1.165) is 25.8 Å². The van der Waals surface area contributed by atoms with Crippen LogP contribution in [0.25, 0.3) is 0 Å². The Hall–Kier alpha value is -0.730. The third kappa shape index (κ3) is 7.57. The third-order valence-electron chi connectivity index (χ3n) is 3.76. The number of unbranched alkanes of at least 4 members (excludes halogenated alkanes) is 7. The fourth-order valence-corrected chi connectivity index (χ4v) is 2.25. The fourth-order valence-electron chi connectivity index (χ4n) is 2.25. The van der Waals surface area contributed by atoms with E-state index >= 15 is 0 Å². The number of carbonyl (C=O) groups is 1. The molecule has 0 bridgehead atoms. The average molecular weight is 254 g/mol. The number of urea groups is 1. The van der Waals surface area contributed by atoms with E-state index in [1.165, 1.54) is 51.4 Å². The maximum absolute atomic E-state index is 11.4. The number of rotatable bonds is 10. The van der Waals surface area contributed by atoms with Crippen molar-refractivity contribution < 1.29 is 4.79 Å². The fraction of sp³-hybridized carbons (Fsp3) is 0.933. The zero-order chi connectivity index (χ0) is 13.1. The molecule has 0 aliphatic heterocycles. The summed E-state index contributed by atoms with van der Waals surface area (Å²) in [6, 6.07) is 0.478. The van der Waals surface area contributed by atoms with E-state index in [-0.39, 0.29) is 6.03 Å². The highest BCUT2D eigenvalue weighted by molar-refractivity contribution is 5.74. The number of carbonyl (C=O) groups excluding carboxylic acids is 1. The molecule has 18 heavy (non-hydrogen) atoms. The topological polar surface area (TPSA) is 41.1 Å². The highest BCUT2D eigenvalue weighted by atomic mass is 16.2. The van der Waals surface area contributed by atoms with Crippen molar-refractivity contribution in [1.82, 2.24) is 10.6 Å². The van der Waals surface area contributed by atoms with Gasteiger partial charge in [0.25, 0.3) is 0 Å². The summed E-state index contributed by atoms with van der Waals surface area (Å²) in [6.45, 7) is 3.08. The number of hydrogen-bond acceptors (Lipinski definition) is 1. The van der Waals surface area contributed by atoms with Gasteiger partial charge >= 0.3 is 6.03 Å². The van der Waals surface area contributed by atoms with Gasteiger partial charge in [-0.1, -0.05) is 51.9 Å². The second kappa shape index (κ2) is 10.2. The Morgan fingerprint density at radius 1 is 1.00 bits per heavy atom. The first-order valence-corrected chi connectivity index (χ1v) is 7.87. The van der Waals surface area contributed by atoms with Crippen LogP contribution in [-0.2, 0) is 0 Å². The summed E-state index contributed by atoms with van der Waals surface area (Å²) in [5, 5.41) is 5.93. The Morgan fingerprint density at radius 2 is 1.61 bits per heavy atom. The molecule has 0 unspecified atom stereocenters. The van der Waals surface area contributed by atoms with Gasteiger partial charge in [0.2, 0.25) is 0 Å². The molecular weight excluding hydrogens is 224 g/mol. The predicted octanol–water partition coefficient (Wildman–Crippen LogP) is 3.98.